The van der Waals surface area contributed by atoms with Gasteiger partial charge in [-0.1, -0.05) is 25.2 Å². The van der Waals surface area contributed by atoms with E-state index < -0.39 is 5.54 Å². The number of ether oxygens (including phenoxy) is 4. The molecule has 0 spiro atoms. The zero-order chi connectivity index (χ0) is 26.9. The lowest BCUT2D eigenvalue weighted by Crippen LogP contribution is -2.49. The highest BCUT2D eigenvalue weighted by Crippen LogP contribution is 2.25. The first-order valence-corrected chi connectivity index (χ1v) is 12.4. The first-order chi connectivity index (χ1) is 17.4. The Morgan fingerprint density at radius 3 is 1.56 bits per heavy atom. The van der Waals surface area contributed by atoms with Crippen LogP contribution in [0, 0.1) is 24.7 Å². The Morgan fingerprint density at radius 2 is 1.17 bits per heavy atom. The second-order valence-electron chi connectivity index (χ2n) is 8.15. The van der Waals surface area contributed by atoms with E-state index in [-0.39, 0.29) is 43.8 Å². The molecule has 0 aromatic carbocycles. The fourth-order valence-corrected chi connectivity index (χ4v) is 3.52. The van der Waals surface area contributed by atoms with E-state index in [9.17, 15) is 14.4 Å². The Bertz CT molecular complexity index is 655. The number of terminal acetylenes is 2. The summed E-state index contributed by atoms with van der Waals surface area (Å²) in [4.78, 5) is 36.6. The average Bonchev–Trinajstić information content (AvgIpc) is 2.84. The molecule has 0 unspecified atom stereocenters. The Kier molecular flexibility index (Phi) is 21.1. The minimum atomic E-state index is -0.634. The van der Waals surface area contributed by atoms with Crippen LogP contribution < -0.4 is 16.0 Å². The molecule has 0 bridgehead atoms. The third kappa shape index (κ3) is 19.7. The summed E-state index contributed by atoms with van der Waals surface area (Å²) in [5.74, 6) is 4.28. The average molecular weight is 510 g/mol. The second kappa shape index (κ2) is 22.8. The number of hydrogen-bond acceptors (Lipinski definition) is 7. The minimum absolute atomic E-state index is 0.138. The van der Waals surface area contributed by atoms with Gasteiger partial charge in [-0.3, -0.25) is 14.4 Å². The number of amides is 3. The van der Waals surface area contributed by atoms with Crippen LogP contribution in [0.4, 0.5) is 0 Å². The number of carbonyl (C=O) groups excluding carboxylic acids is 3. The normalized spacial score (nSPS) is 10.8. The summed E-state index contributed by atoms with van der Waals surface area (Å²) in [6.07, 6.45) is 13.0. The van der Waals surface area contributed by atoms with Crippen LogP contribution in [0.2, 0.25) is 0 Å². The number of rotatable bonds is 23. The van der Waals surface area contributed by atoms with Crippen LogP contribution in [0.5, 0.6) is 0 Å². The van der Waals surface area contributed by atoms with Crippen molar-refractivity contribution in [2.45, 2.75) is 57.9 Å². The van der Waals surface area contributed by atoms with Gasteiger partial charge in [0.15, 0.2) is 0 Å². The van der Waals surface area contributed by atoms with Crippen LogP contribution in [0.1, 0.15) is 52.4 Å². The smallest absolute Gasteiger partial charge is 0.220 e. The molecule has 3 N–H and O–H groups in total. The molecule has 0 heterocycles. The van der Waals surface area contributed by atoms with Gasteiger partial charge in [0.1, 0.15) is 13.2 Å². The zero-order valence-corrected chi connectivity index (χ0v) is 21.8. The maximum atomic E-state index is 12.3. The molecule has 0 aliphatic heterocycles. The molecule has 0 aliphatic carbocycles. The predicted molar refractivity (Wildman–Crippen MR) is 137 cm³/mol. The van der Waals surface area contributed by atoms with E-state index in [1.165, 1.54) is 6.92 Å². The lowest BCUT2D eigenvalue weighted by atomic mass is 9.83. The van der Waals surface area contributed by atoms with Crippen molar-refractivity contribution in [3.05, 3.63) is 0 Å². The van der Waals surface area contributed by atoms with E-state index in [0.717, 1.165) is 6.42 Å². The van der Waals surface area contributed by atoms with Crippen LogP contribution >= 0.6 is 0 Å². The van der Waals surface area contributed by atoms with Gasteiger partial charge >= 0.3 is 0 Å². The Hall–Kier alpha value is -2.63. The van der Waals surface area contributed by atoms with Gasteiger partial charge in [0, 0.05) is 38.4 Å². The molecule has 0 saturated heterocycles. The highest BCUT2D eigenvalue weighted by Gasteiger charge is 2.31. The quantitative estimate of drug-likeness (QED) is 0.137. The van der Waals surface area contributed by atoms with E-state index >= 15 is 0 Å². The molecule has 0 aromatic rings. The maximum Gasteiger partial charge on any atom is 0.220 e. The largest absolute Gasteiger partial charge is 0.377 e. The molecule has 3 amide bonds. The molecule has 204 valence electrons. The minimum Gasteiger partial charge on any atom is -0.377 e. The van der Waals surface area contributed by atoms with E-state index in [2.05, 4.69) is 27.8 Å². The van der Waals surface area contributed by atoms with Crippen molar-refractivity contribution in [2.24, 2.45) is 0 Å². The molecule has 0 atom stereocenters. The molecule has 0 saturated carbocycles. The Morgan fingerprint density at radius 1 is 0.722 bits per heavy atom. The molecular formula is C26H43N3O7. The van der Waals surface area contributed by atoms with Crippen molar-refractivity contribution in [2.75, 3.05) is 65.9 Å². The van der Waals surface area contributed by atoms with Crippen molar-refractivity contribution in [3.8, 4) is 24.7 Å². The van der Waals surface area contributed by atoms with Gasteiger partial charge in [-0.25, -0.2) is 0 Å². The molecule has 0 aromatic heterocycles. The van der Waals surface area contributed by atoms with E-state index in [1.807, 2.05) is 6.92 Å². The molecule has 0 rings (SSSR count). The van der Waals surface area contributed by atoms with Gasteiger partial charge in [0.25, 0.3) is 0 Å². The van der Waals surface area contributed by atoms with Gasteiger partial charge in [-0.05, 0) is 19.3 Å². The fourth-order valence-electron chi connectivity index (χ4n) is 3.52. The first-order valence-electron chi connectivity index (χ1n) is 12.4. The van der Waals surface area contributed by atoms with Gasteiger partial charge in [0.05, 0.1) is 39.6 Å². The van der Waals surface area contributed by atoms with Crippen LogP contribution in [0.25, 0.3) is 0 Å². The SMILES string of the molecule is C#CCOCCOCCNC(=O)CCC(CCC)(CCC(=O)NCCOCCOCC#C)NC(C)=O. The summed E-state index contributed by atoms with van der Waals surface area (Å²) in [5, 5.41) is 8.63. The third-order valence-electron chi connectivity index (χ3n) is 5.08. The number of carbonyl (C=O) groups is 3. The molecule has 36 heavy (non-hydrogen) atoms. The zero-order valence-electron chi connectivity index (χ0n) is 21.8. The van der Waals surface area contributed by atoms with E-state index in [0.29, 0.717) is 72.0 Å². The Labute approximate surface area is 215 Å². The summed E-state index contributed by atoms with van der Waals surface area (Å²) >= 11 is 0. The predicted octanol–water partition coefficient (Wildman–Crippen LogP) is 0.787. The molecule has 0 aliphatic rings. The van der Waals surface area contributed by atoms with Crippen LogP contribution in [-0.2, 0) is 33.3 Å². The van der Waals surface area contributed by atoms with Crippen molar-refractivity contribution >= 4 is 17.7 Å². The highest BCUT2D eigenvalue weighted by molar-refractivity contribution is 5.78. The Balaban J connectivity index is 4.41. The van der Waals surface area contributed by atoms with Gasteiger partial charge in [-0.2, -0.15) is 0 Å². The molecule has 10 nitrogen and oxygen atoms in total. The molecular weight excluding hydrogens is 466 g/mol. The topological polar surface area (TPSA) is 124 Å². The van der Waals surface area contributed by atoms with E-state index in [4.69, 9.17) is 31.8 Å². The van der Waals surface area contributed by atoms with Gasteiger partial charge in [-0.15, -0.1) is 12.8 Å². The summed E-state index contributed by atoms with van der Waals surface area (Å²) in [6.45, 7) is 6.99. The molecule has 0 radical (unpaired) electrons. The van der Waals surface area contributed by atoms with E-state index in [1.54, 1.807) is 0 Å². The van der Waals surface area contributed by atoms with Crippen LogP contribution in [-0.4, -0.2) is 89.2 Å². The number of hydrogen-bond donors (Lipinski definition) is 3. The lowest BCUT2D eigenvalue weighted by Gasteiger charge is -2.34. The third-order valence-corrected chi connectivity index (χ3v) is 5.08. The van der Waals surface area contributed by atoms with Crippen LogP contribution in [0.15, 0.2) is 0 Å². The summed E-state index contributed by atoms with van der Waals surface area (Å²) in [6, 6.07) is 0. The maximum absolute atomic E-state index is 12.3. The highest BCUT2D eigenvalue weighted by atomic mass is 16.5. The lowest BCUT2D eigenvalue weighted by molar-refractivity contribution is -0.125. The van der Waals surface area contributed by atoms with Crippen molar-refractivity contribution in [1.29, 1.82) is 0 Å². The summed E-state index contributed by atoms with van der Waals surface area (Å²) < 4.78 is 20.9. The summed E-state index contributed by atoms with van der Waals surface area (Å²) in [5.41, 5.74) is -0.634. The van der Waals surface area contributed by atoms with Gasteiger partial charge < -0.3 is 34.9 Å². The van der Waals surface area contributed by atoms with Crippen molar-refractivity contribution in [3.63, 3.8) is 0 Å². The molecule has 10 heteroatoms. The first kappa shape index (κ1) is 33.4. The fraction of sp³-hybridized carbons (Fsp3) is 0.731. The standard InChI is InChI=1S/C26H43N3O7/c1-5-10-26(29-23(4)30,11-8-24(31)27-13-17-35-21-19-33-15-6-2)12-9-25(32)28-14-18-36-22-20-34-16-7-3/h2-3H,5,8-22H2,1,4H3,(H,27,31)(H,28,32)(H,29,30). The van der Waals surface area contributed by atoms with Crippen LogP contribution in [0.3, 0.4) is 0 Å². The second-order valence-corrected chi connectivity index (χ2v) is 8.15. The van der Waals surface area contributed by atoms with Gasteiger partial charge in [0.2, 0.25) is 17.7 Å². The molecule has 0 fully saturated rings. The van der Waals surface area contributed by atoms with Crippen molar-refractivity contribution in [1.82, 2.24) is 16.0 Å². The van der Waals surface area contributed by atoms with Crippen molar-refractivity contribution < 1.29 is 33.3 Å². The monoisotopic (exact) mass is 509 g/mol. The number of nitrogens with one attached hydrogen (secondary N) is 3. The summed E-state index contributed by atoms with van der Waals surface area (Å²) in [7, 11) is 0.